The van der Waals surface area contributed by atoms with E-state index in [4.69, 9.17) is 14.2 Å². The van der Waals surface area contributed by atoms with Crippen molar-refractivity contribution in [2.24, 2.45) is 0 Å². The number of benzene rings is 1. The summed E-state index contributed by atoms with van der Waals surface area (Å²) >= 11 is 0. The third-order valence-electron chi connectivity index (χ3n) is 6.69. The molecule has 0 amide bonds. The minimum absolute atomic E-state index is 0.0156. The summed E-state index contributed by atoms with van der Waals surface area (Å²) in [6, 6.07) is 12.7. The van der Waals surface area contributed by atoms with Gasteiger partial charge in [-0.3, -0.25) is 9.69 Å². The number of ether oxygens (including phenoxy) is 3. The van der Waals surface area contributed by atoms with Crippen LogP contribution in [-0.2, 0) is 11.3 Å². The summed E-state index contributed by atoms with van der Waals surface area (Å²) in [5.74, 6) is 2.09. The van der Waals surface area contributed by atoms with Crippen molar-refractivity contribution in [2.75, 3.05) is 59.0 Å². The second kappa shape index (κ2) is 11.5. The molecule has 1 fully saturated rings. The molecule has 1 N–H and O–H groups in total. The topological polar surface area (TPSA) is 89.3 Å². The van der Waals surface area contributed by atoms with Crippen molar-refractivity contribution in [1.29, 1.82) is 0 Å². The van der Waals surface area contributed by atoms with Crippen LogP contribution in [0.5, 0.6) is 17.2 Å². The summed E-state index contributed by atoms with van der Waals surface area (Å²) in [6.45, 7) is 5.46. The van der Waals surface area contributed by atoms with E-state index in [-0.39, 0.29) is 11.3 Å². The van der Waals surface area contributed by atoms with E-state index < -0.39 is 6.04 Å². The van der Waals surface area contributed by atoms with Gasteiger partial charge in [0.25, 0.3) is 5.56 Å². The number of anilines is 1. The average molecular weight is 495 g/mol. The van der Waals surface area contributed by atoms with Gasteiger partial charge in [-0.1, -0.05) is 12.1 Å². The average Bonchev–Trinajstić information content (AvgIpc) is 2.91. The molecule has 3 aromatic rings. The molecule has 1 aliphatic heterocycles. The van der Waals surface area contributed by atoms with Gasteiger partial charge >= 0.3 is 0 Å². The van der Waals surface area contributed by atoms with E-state index in [0.717, 1.165) is 24.5 Å². The third kappa shape index (κ3) is 5.17. The van der Waals surface area contributed by atoms with Gasteiger partial charge in [-0.25, -0.2) is 4.98 Å². The fraction of sp³-hybridized carbons (Fsp3) is 0.407. The van der Waals surface area contributed by atoms with E-state index in [9.17, 15) is 9.90 Å². The monoisotopic (exact) mass is 494 g/mol. The maximum absolute atomic E-state index is 13.8. The second-order valence-corrected chi connectivity index (χ2v) is 8.76. The maximum atomic E-state index is 13.8. The maximum Gasteiger partial charge on any atom is 0.259 e. The molecule has 1 aromatic carbocycles. The Labute approximate surface area is 211 Å². The van der Waals surface area contributed by atoms with Crippen LogP contribution in [0.2, 0.25) is 0 Å². The number of aromatic hydroxyl groups is 1. The molecule has 4 rings (SSSR count). The quantitative estimate of drug-likeness (QED) is 0.486. The van der Waals surface area contributed by atoms with Crippen molar-refractivity contribution in [3.8, 4) is 17.2 Å². The molecule has 1 aliphatic rings. The summed E-state index contributed by atoms with van der Waals surface area (Å²) in [7, 11) is 4.78. The zero-order valence-corrected chi connectivity index (χ0v) is 21.3. The fourth-order valence-corrected chi connectivity index (χ4v) is 4.82. The van der Waals surface area contributed by atoms with Crippen molar-refractivity contribution in [3.05, 3.63) is 75.8 Å². The molecule has 9 nitrogen and oxygen atoms in total. The number of methoxy groups -OCH3 is 3. The first-order valence-electron chi connectivity index (χ1n) is 12.0. The number of hydrogen-bond acceptors (Lipinski definition) is 8. The van der Waals surface area contributed by atoms with Gasteiger partial charge < -0.3 is 28.8 Å². The Morgan fingerprint density at radius 1 is 1.00 bits per heavy atom. The SMILES string of the molecule is COCCn1c(C)cc(O)c([C@@H](c2ccc(OC)c(OC)c2)N2CCN(c3ccccn3)CC2)c1=O. The molecule has 0 aliphatic carbocycles. The van der Waals surface area contributed by atoms with Crippen molar-refractivity contribution in [1.82, 2.24) is 14.5 Å². The number of aryl methyl sites for hydroxylation is 1. The van der Waals surface area contributed by atoms with E-state index in [1.807, 2.05) is 43.3 Å². The van der Waals surface area contributed by atoms with Crippen LogP contribution in [0, 0.1) is 6.92 Å². The number of pyridine rings is 2. The van der Waals surface area contributed by atoms with Crippen molar-refractivity contribution in [2.45, 2.75) is 19.5 Å². The largest absolute Gasteiger partial charge is 0.507 e. The molecule has 0 unspecified atom stereocenters. The van der Waals surface area contributed by atoms with Crippen molar-refractivity contribution in [3.63, 3.8) is 0 Å². The Bertz CT molecular complexity index is 1220. The molecule has 0 saturated carbocycles. The van der Waals surface area contributed by atoms with Crippen LogP contribution in [0.25, 0.3) is 0 Å². The van der Waals surface area contributed by atoms with Crippen LogP contribution >= 0.6 is 0 Å². The van der Waals surface area contributed by atoms with Crippen LogP contribution in [0.15, 0.2) is 53.5 Å². The van der Waals surface area contributed by atoms with Gasteiger partial charge in [-0.15, -0.1) is 0 Å². The Morgan fingerprint density at radius 3 is 2.39 bits per heavy atom. The number of rotatable bonds is 9. The lowest BCUT2D eigenvalue weighted by molar-refractivity contribution is 0.183. The standard InChI is InChI=1S/C27H34N4O5/c1-19-17-21(32)25(27(33)31(19)15-16-34-2)26(20-8-9-22(35-3)23(18-20)36-4)30-13-11-29(12-14-30)24-7-5-6-10-28-24/h5-10,17-18,26,32H,11-16H2,1-4H3/t26-/m1/s1. The summed E-state index contributed by atoms with van der Waals surface area (Å²) in [5.41, 5.74) is 1.64. The molecule has 3 heterocycles. The Balaban J connectivity index is 1.77. The number of aromatic nitrogens is 2. The predicted molar refractivity (Wildman–Crippen MR) is 138 cm³/mol. The van der Waals surface area contributed by atoms with Gasteiger partial charge in [0, 0.05) is 51.7 Å². The van der Waals surface area contributed by atoms with Gasteiger partial charge in [0.1, 0.15) is 11.6 Å². The highest BCUT2D eigenvalue weighted by Crippen LogP contribution is 2.37. The smallest absolute Gasteiger partial charge is 0.259 e. The van der Waals surface area contributed by atoms with Crippen molar-refractivity contribution >= 4 is 5.82 Å². The third-order valence-corrected chi connectivity index (χ3v) is 6.69. The van der Waals surface area contributed by atoms with Crippen LogP contribution < -0.4 is 19.9 Å². The molecular weight excluding hydrogens is 460 g/mol. The van der Waals surface area contributed by atoms with Gasteiger partial charge in [0.15, 0.2) is 11.5 Å². The van der Waals surface area contributed by atoms with E-state index in [1.54, 1.807) is 38.2 Å². The molecule has 0 spiro atoms. The Hall–Kier alpha value is -3.56. The molecular formula is C27H34N4O5. The van der Waals surface area contributed by atoms with E-state index >= 15 is 0 Å². The molecule has 36 heavy (non-hydrogen) atoms. The second-order valence-electron chi connectivity index (χ2n) is 8.76. The molecule has 0 radical (unpaired) electrons. The minimum atomic E-state index is -0.474. The number of piperazine rings is 1. The van der Waals surface area contributed by atoms with Crippen LogP contribution in [0.3, 0.4) is 0 Å². The van der Waals surface area contributed by atoms with Gasteiger partial charge in [0.2, 0.25) is 0 Å². The molecule has 2 aromatic heterocycles. The van der Waals surface area contributed by atoms with Gasteiger partial charge in [0.05, 0.1) is 32.4 Å². The van der Waals surface area contributed by atoms with Gasteiger partial charge in [-0.05, 0) is 42.8 Å². The first-order chi connectivity index (χ1) is 17.5. The predicted octanol–water partition coefficient (Wildman–Crippen LogP) is 2.83. The lowest BCUT2D eigenvalue weighted by Gasteiger charge is -2.40. The zero-order chi connectivity index (χ0) is 25.7. The van der Waals surface area contributed by atoms with Crippen molar-refractivity contribution < 1.29 is 19.3 Å². The van der Waals surface area contributed by atoms with E-state index in [2.05, 4.69) is 14.8 Å². The molecule has 9 heteroatoms. The molecule has 1 atom stereocenters. The van der Waals surface area contributed by atoms with E-state index in [0.29, 0.717) is 49.0 Å². The fourth-order valence-electron chi connectivity index (χ4n) is 4.82. The number of hydrogen-bond donors (Lipinski definition) is 1. The first-order valence-corrected chi connectivity index (χ1v) is 12.0. The molecule has 0 bridgehead atoms. The van der Waals surface area contributed by atoms with E-state index in [1.165, 1.54) is 0 Å². The van der Waals surface area contributed by atoms with Crippen LogP contribution in [0.4, 0.5) is 5.82 Å². The lowest BCUT2D eigenvalue weighted by atomic mass is 9.95. The summed E-state index contributed by atoms with van der Waals surface area (Å²) in [5, 5.41) is 11.1. The normalized spacial score (nSPS) is 15.1. The Morgan fingerprint density at radius 2 is 1.75 bits per heavy atom. The minimum Gasteiger partial charge on any atom is -0.507 e. The highest BCUT2D eigenvalue weighted by atomic mass is 16.5. The highest BCUT2D eigenvalue weighted by molar-refractivity contribution is 5.48. The summed E-state index contributed by atoms with van der Waals surface area (Å²) in [4.78, 5) is 22.7. The molecule has 1 saturated heterocycles. The number of nitrogens with zero attached hydrogens (tertiary/aromatic N) is 4. The summed E-state index contributed by atoms with van der Waals surface area (Å²) in [6.07, 6.45) is 1.79. The van der Waals surface area contributed by atoms with Crippen LogP contribution in [-0.4, -0.2) is 73.7 Å². The highest BCUT2D eigenvalue weighted by Gasteiger charge is 2.32. The molecule has 192 valence electrons. The zero-order valence-electron chi connectivity index (χ0n) is 21.3. The van der Waals surface area contributed by atoms with Gasteiger partial charge in [-0.2, -0.15) is 0 Å². The summed E-state index contributed by atoms with van der Waals surface area (Å²) < 4.78 is 17.9. The first kappa shape index (κ1) is 25.5. The van der Waals surface area contributed by atoms with Crippen LogP contribution in [0.1, 0.15) is 22.9 Å². The Kier molecular flexibility index (Phi) is 8.12. The lowest BCUT2D eigenvalue weighted by Crippen LogP contribution is -2.49.